The summed E-state index contributed by atoms with van der Waals surface area (Å²) in [7, 11) is 0. The second-order valence-electron chi connectivity index (χ2n) is 5.32. The topological polar surface area (TPSA) is 0 Å². The van der Waals surface area contributed by atoms with Crippen LogP contribution in [0.5, 0.6) is 0 Å². The number of benzene rings is 2. The fourth-order valence-electron chi connectivity index (χ4n) is 2.81. The van der Waals surface area contributed by atoms with E-state index < -0.39 is 0 Å². The molecule has 0 aliphatic heterocycles. The largest absolute Gasteiger partial charge is 0.113 e. The number of fused-ring (bicyclic) bond motifs is 1. The third kappa shape index (κ3) is 2.51. The highest BCUT2D eigenvalue weighted by Crippen LogP contribution is 2.41. The van der Waals surface area contributed by atoms with E-state index in [0.717, 1.165) is 11.5 Å². The lowest BCUT2D eigenvalue weighted by Gasteiger charge is -2.24. The summed E-state index contributed by atoms with van der Waals surface area (Å²) in [6.45, 7) is 2.18. The Morgan fingerprint density at radius 2 is 1.80 bits per heavy atom. The number of halogens is 2. The Kier molecular flexibility index (Phi) is 3.87. The number of alkyl halides is 1. The molecular weight excluding hydrogens is 287 g/mol. The van der Waals surface area contributed by atoms with Crippen LogP contribution in [0.3, 0.4) is 0 Å². The van der Waals surface area contributed by atoms with Crippen LogP contribution in [0, 0.1) is 5.92 Å². The normalized spacial score (nSPS) is 20.4. The van der Waals surface area contributed by atoms with Crippen LogP contribution in [-0.2, 0) is 0 Å². The Morgan fingerprint density at radius 3 is 2.60 bits per heavy atom. The van der Waals surface area contributed by atoms with Crippen LogP contribution in [-0.4, -0.2) is 0 Å². The molecule has 0 amide bonds. The van der Waals surface area contributed by atoms with E-state index >= 15 is 0 Å². The monoisotopic (exact) mass is 302 g/mol. The summed E-state index contributed by atoms with van der Waals surface area (Å²) in [5, 5.41) is 3.26. The van der Waals surface area contributed by atoms with Crippen molar-refractivity contribution in [3.8, 4) is 0 Å². The van der Waals surface area contributed by atoms with Gasteiger partial charge in [0.25, 0.3) is 0 Å². The minimum atomic E-state index is -0.0999. The molecule has 0 radical (unpaired) electrons. The second kappa shape index (κ2) is 5.63. The van der Waals surface area contributed by atoms with Crippen LogP contribution in [0.4, 0.5) is 0 Å². The van der Waals surface area contributed by atoms with E-state index in [0.29, 0.717) is 5.92 Å². The molecule has 1 aliphatic rings. The Hall–Kier alpha value is -1.24. The van der Waals surface area contributed by atoms with Crippen molar-refractivity contribution >= 4 is 34.0 Å². The SMILES string of the molecule is CC1CC(Cl)=CC=C1C(Cl)c1cccc2ccccc12. The highest BCUT2D eigenvalue weighted by molar-refractivity contribution is 6.30. The molecule has 0 fully saturated rings. The van der Waals surface area contributed by atoms with Crippen molar-refractivity contribution in [2.45, 2.75) is 18.7 Å². The van der Waals surface area contributed by atoms with E-state index in [1.165, 1.54) is 21.9 Å². The molecule has 0 bridgehead atoms. The van der Waals surface area contributed by atoms with Crippen molar-refractivity contribution < 1.29 is 0 Å². The summed E-state index contributed by atoms with van der Waals surface area (Å²) in [5.41, 5.74) is 2.42. The molecule has 0 heterocycles. The second-order valence-corrected chi connectivity index (χ2v) is 6.24. The van der Waals surface area contributed by atoms with E-state index in [1.54, 1.807) is 0 Å². The van der Waals surface area contributed by atoms with Gasteiger partial charge in [0.15, 0.2) is 0 Å². The van der Waals surface area contributed by atoms with Gasteiger partial charge < -0.3 is 0 Å². The van der Waals surface area contributed by atoms with Crippen molar-refractivity contribution in [3.63, 3.8) is 0 Å². The summed E-state index contributed by atoms with van der Waals surface area (Å²) >= 11 is 12.9. The first-order valence-corrected chi connectivity index (χ1v) is 7.66. The zero-order valence-corrected chi connectivity index (χ0v) is 12.8. The van der Waals surface area contributed by atoms with Gasteiger partial charge in [0.2, 0.25) is 0 Å². The number of hydrogen-bond acceptors (Lipinski definition) is 0. The average molecular weight is 303 g/mol. The van der Waals surface area contributed by atoms with Gasteiger partial charge in [0.1, 0.15) is 0 Å². The average Bonchev–Trinajstić information content (AvgIpc) is 2.46. The van der Waals surface area contributed by atoms with Gasteiger partial charge in [0.05, 0.1) is 5.38 Å². The summed E-state index contributed by atoms with van der Waals surface area (Å²) in [6, 6.07) is 14.7. The third-order valence-electron chi connectivity index (χ3n) is 3.92. The van der Waals surface area contributed by atoms with Gasteiger partial charge in [0, 0.05) is 5.03 Å². The Morgan fingerprint density at radius 1 is 1.05 bits per heavy atom. The lowest BCUT2D eigenvalue weighted by molar-refractivity contribution is 0.654. The van der Waals surface area contributed by atoms with E-state index in [4.69, 9.17) is 23.2 Å². The number of rotatable bonds is 2. The quantitative estimate of drug-likeness (QED) is 0.579. The molecule has 2 aromatic carbocycles. The lowest BCUT2D eigenvalue weighted by Crippen LogP contribution is -2.09. The van der Waals surface area contributed by atoms with E-state index in [-0.39, 0.29) is 5.38 Å². The molecule has 2 aromatic rings. The van der Waals surface area contributed by atoms with Crippen LogP contribution in [0.25, 0.3) is 10.8 Å². The van der Waals surface area contributed by atoms with Crippen LogP contribution in [0.15, 0.2) is 65.2 Å². The number of allylic oxidation sites excluding steroid dienone is 4. The van der Waals surface area contributed by atoms with Crippen LogP contribution >= 0.6 is 23.2 Å². The van der Waals surface area contributed by atoms with Crippen molar-refractivity contribution in [2.24, 2.45) is 5.92 Å². The van der Waals surface area contributed by atoms with Gasteiger partial charge in [-0.2, -0.15) is 0 Å². The molecular formula is C18H16Cl2. The molecule has 20 heavy (non-hydrogen) atoms. The summed E-state index contributed by atoms with van der Waals surface area (Å²) in [6.07, 6.45) is 4.93. The number of hydrogen-bond donors (Lipinski definition) is 0. The molecule has 3 rings (SSSR count). The molecule has 0 spiro atoms. The van der Waals surface area contributed by atoms with Gasteiger partial charge in [-0.05, 0) is 40.3 Å². The lowest BCUT2D eigenvalue weighted by atomic mass is 9.87. The fourth-order valence-corrected chi connectivity index (χ4v) is 3.59. The molecule has 0 saturated carbocycles. The first kappa shape index (κ1) is 13.7. The van der Waals surface area contributed by atoms with Crippen molar-refractivity contribution in [1.82, 2.24) is 0 Å². The maximum Gasteiger partial charge on any atom is 0.0807 e. The van der Waals surface area contributed by atoms with Gasteiger partial charge >= 0.3 is 0 Å². The Bertz CT molecular complexity index is 692. The predicted octanol–water partition coefficient (Wildman–Crippen LogP) is 6.21. The fraction of sp³-hybridized carbons (Fsp3) is 0.222. The maximum atomic E-state index is 6.77. The van der Waals surface area contributed by atoms with Gasteiger partial charge in [-0.3, -0.25) is 0 Å². The zero-order chi connectivity index (χ0) is 14.1. The zero-order valence-electron chi connectivity index (χ0n) is 11.3. The van der Waals surface area contributed by atoms with Crippen molar-refractivity contribution in [1.29, 1.82) is 0 Å². The molecule has 1 aliphatic carbocycles. The minimum absolute atomic E-state index is 0.0999. The van der Waals surface area contributed by atoms with Gasteiger partial charge in [-0.25, -0.2) is 0 Å². The van der Waals surface area contributed by atoms with Crippen LogP contribution in [0.1, 0.15) is 24.3 Å². The van der Waals surface area contributed by atoms with Gasteiger partial charge in [-0.1, -0.05) is 67.1 Å². The molecule has 0 nitrogen and oxygen atoms in total. The van der Waals surface area contributed by atoms with E-state index in [1.807, 2.05) is 6.08 Å². The Labute approximate surface area is 129 Å². The van der Waals surface area contributed by atoms with Crippen molar-refractivity contribution in [3.05, 3.63) is 70.8 Å². The van der Waals surface area contributed by atoms with Crippen LogP contribution < -0.4 is 0 Å². The molecule has 2 unspecified atom stereocenters. The molecule has 0 N–H and O–H groups in total. The predicted molar refractivity (Wildman–Crippen MR) is 88.3 cm³/mol. The minimum Gasteiger partial charge on any atom is -0.113 e. The van der Waals surface area contributed by atoms with Crippen LogP contribution in [0.2, 0.25) is 0 Å². The van der Waals surface area contributed by atoms with E-state index in [9.17, 15) is 0 Å². The van der Waals surface area contributed by atoms with E-state index in [2.05, 4.69) is 55.5 Å². The highest BCUT2D eigenvalue weighted by Gasteiger charge is 2.23. The molecule has 2 atom stereocenters. The maximum absolute atomic E-state index is 6.77. The highest BCUT2D eigenvalue weighted by atomic mass is 35.5. The first-order valence-electron chi connectivity index (χ1n) is 6.84. The Balaban J connectivity index is 2.07. The molecule has 0 aromatic heterocycles. The third-order valence-corrected chi connectivity index (χ3v) is 4.68. The summed E-state index contributed by atoms with van der Waals surface area (Å²) in [4.78, 5) is 0. The molecule has 2 heteroatoms. The first-order chi connectivity index (χ1) is 9.66. The molecule has 0 saturated heterocycles. The smallest absolute Gasteiger partial charge is 0.0807 e. The summed E-state index contributed by atoms with van der Waals surface area (Å²) < 4.78 is 0. The standard InChI is InChI=1S/C18H16Cl2/c1-12-11-14(19)9-10-15(12)18(20)17-8-4-6-13-5-2-3-7-16(13)17/h2-10,12,18H,11H2,1H3. The van der Waals surface area contributed by atoms with Gasteiger partial charge in [-0.15, -0.1) is 11.6 Å². The molecule has 102 valence electrons. The summed E-state index contributed by atoms with van der Waals surface area (Å²) in [5.74, 6) is 0.383. The van der Waals surface area contributed by atoms with Crippen molar-refractivity contribution in [2.75, 3.05) is 0 Å².